The number of halogens is 2. The fraction of sp³-hybridized carbons (Fsp3) is 0.462. The maximum absolute atomic E-state index is 13.1. The van der Waals surface area contributed by atoms with Crippen LogP contribution < -0.4 is 11.0 Å². The van der Waals surface area contributed by atoms with Gasteiger partial charge in [-0.15, -0.1) is 12.4 Å². The Balaban J connectivity index is 0.00000289. The molecule has 3 aromatic rings. The van der Waals surface area contributed by atoms with Crippen molar-refractivity contribution in [1.29, 1.82) is 0 Å². The number of imidazole rings is 1. The molecule has 0 radical (unpaired) electrons. The summed E-state index contributed by atoms with van der Waals surface area (Å²) in [6.07, 6.45) is 3.86. The van der Waals surface area contributed by atoms with Crippen molar-refractivity contribution in [3.63, 3.8) is 0 Å². The second-order valence-corrected chi connectivity index (χ2v) is 9.53. The van der Waals surface area contributed by atoms with Gasteiger partial charge < -0.3 is 15.3 Å². The van der Waals surface area contributed by atoms with E-state index in [9.17, 15) is 19.1 Å². The minimum Gasteiger partial charge on any atom is -0.388 e. The summed E-state index contributed by atoms with van der Waals surface area (Å²) in [5, 5.41) is 13.3. The van der Waals surface area contributed by atoms with Crippen LogP contribution in [0.4, 0.5) is 9.18 Å². The zero-order chi connectivity index (χ0) is 23.7. The predicted octanol–water partition coefficient (Wildman–Crippen LogP) is 4.09. The molecule has 0 bridgehead atoms. The normalized spacial score (nSPS) is 17.8. The van der Waals surface area contributed by atoms with E-state index in [4.69, 9.17) is 0 Å². The number of nitrogens with one attached hydrogen (secondary N) is 1. The number of carbonyl (C=O) groups is 1. The highest BCUT2D eigenvalue weighted by Crippen LogP contribution is 2.36. The number of likely N-dealkylation sites (tertiary alicyclic amines) is 1. The van der Waals surface area contributed by atoms with Crippen LogP contribution in [0.2, 0.25) is 0 Å². The van der Waals surface area contributed by atoms with Crippen molar-refractivity contribution in [2.75, 3.05) is 26.2 Å². The molecule has 1 saturated carbocycles. The van der Waals surface area contributed by atoms with Gasteiger partial charge in [-0.05, 0) is 80.9 Å². The summed E-state index contributed by atoms with van der Waals surface area (Å²) >= 11 is 0. The predicted molar refractivity (Wildman–Crippen MR) is 136 cm³/mol. The Bertz CT molecular complexity index is 1210. The Morgan fingerprint density at radius 3 is 2.34 bits per heavy atom. The first-order chi connectivity index (χ1) is 16.5. The maximum atomic E-state index is 13.1. The van der Waals surface area contributed by atoms with E-state index in [-0.39, 0.29) is 36.0 Å². The molecular formula is C26H32ClFN4O3. The number of aliphatic hydroxyl groups excluding tert-OH is 1. The largest absolute Gasteiger partial charge is 0.388 e. The van der Waals surface area contributed by atoms with Gasteiger partial charge in [0.1, 0.15) is 5.82 Å². The standard InChI is InChI=1S/C26H31FN4O3.ClH/c27-20-7-5-19(6-8-20)24(32)13-16-29-14-11-18(12-15-29)17-28-25(33)31-23-4-2-1-3-22(23)30(26(31)34)21-9-10-21;/h1-8,18,21,24,32H,9-17H2,(H,28,33);1H. The first kappa shape index (κ1) is 25.4. The van der Waals surface area contributed by atoms with Crippen molar-refractivity contribution in [3.8, 4) is 0 Å². The van der Waals surface area contributed by atoms with Crippen LogP contribution in [0, 0.1) is 11.7 Å². The highest BCUT2D eigenvalue weighted by Gasteiger charge is 2.30. The van der Waals surface area contributed by atoms with Crippen LogP contribution in [0.15, 0.2) is 53.3 Å². The summed E-state index contributed by atoms with van der Waals surface area (Å²) in [4.78, 5) is 28.2. The van der Waals surface area contributed by atoms with Gasteiger partial charge in [0.15, 0.2) is 0 Å². The second-order valence-electron chi connectivity index (χ2n) is 9.53. The zero-order valence-electron chi connectivity index (χ0n) is 19.6. The molecule has 188 valence electrons. The number of piperidine rings is 1. The van der Waals surface area contributed by atoms with Gasteiger partial charge >= 0.3 is 11.7 Å². The third-order valence-electron chi connectivity index (χ3n) is 7.12. The van der Waals surface area contributed by atoms with Gasteiger partial charge in [-0.25, -0.2) is 18.5 Å². The van der Waals surface area contributed by atoms with Crippen LogP contribution >= 0.6 is 12.4 Å². The van der Waals surface area contributed by atoms with Crippen LogP contribution in [0.5, 0.6) is 0 Å². The Morgan fingerprint density at radius 2 is 1.69 bits per heavy atom. The lowest BCUT2D eigenvalue weighted by Crippen LogP contribution is -2.42. The summed E-state index contributed by atoms with van der Waals surface area (Å²) in [6.45, 7) is 3.11. The molecule has 5 rings (SSSR count). The first-order valence-electron chi connectivity index (χ1n) is 12.2. The Morgan fingerprint density at radius 1 is 1.03 bits per heavy atom. The number of amides is 1. The summed E-state index contributed by atoms with van der Waals surface area (Å²) in [7, 11) is 0. The molecular weight excluding hydrogens is 471 g/mol. The molecule has 2 heterocycles. The van der Waals surface area contributed by atoms with Gasteiger partial charge in [0.25, 0.3) is 0 Å². The average Bonchev–Trinajstić information content (AvgIpc) is 3.64. The highest BCUT2D eigenvalue weighted by atomic mass is 35.5. The molecule has 1 aliphatic carbocycles. The monoisotopic (exact) mass is 502 g/mol. The lowest BCUT2D eigenvalue weighted by molar-refractivity contribution is 0.123. The molecule has 0 spiro atoms. The molecule has 2 N–H and O–H groups in total. The minimum atomic E-state index is -0.603. The number of aromatic nitrogens is 2. The van der Waals surface area contributed by atoms with Crippen LogP contribution in [-0.4, -0.2) is 51.4 Å². The molecule has 7 nitrogen and oxygen atoms in total. The van der Waals surface area contributed by atoms with Crippen molar-refractivity contribution in [1.82, 2.24) is 19.4 Å². The smallest absolute Gasteiger partial charge is 0.337 e. The topological polar surface area (TPSA) is 79.5 Å². The van der Waals surface area contributed by atoms with E-state index in [0.29, 0.717) is 24.4 Å². The molecule has 1 unspecified atom stereocenters. The summed E-state index contributed by atoms with van der Waals surface area (Å²) in [6, 6.07) is 13.3. The van der Waals surface area contributed by atoms with E-state index in [1.807, 2.05) is 24.3 Å². The number of hydrogen-bond acceptors (Lipinski definition) is 4. The SMILES string of the molecule is Cl.O=C(NCC1CCN(CCC(O)c2ccc(F)cc2)CC1)n1c(=O)n(C2CC2)c2ccccc21. The van der Waals surface area contributed by atoms with Crippen LogP contribution in [0.1, 0.15) is 49.8 Å². The van der Waals surface area contributed by atoms with Crippen LogP contribution in [0.3, 0.4) is 0 Å². The van der Waals surface area contributed by atoms with Crippen LogP contribution in [0.25, 0.3) is 11.0 Å². The molecule has 9 heteroatoms. The fourth-order valence-electron chi connectivity index (χ4n) is 4.93. The average molecular weight is 503 g/mol. The molecule has 2 aromatic carbocycles. The van der Waals surface area contributed by atoms with E-state index in [0.717, 1.165) is 56.4 Å². The molecule has 2 aliphatic rings. The van der Waals surface area contributed by atoms with E-state index < -0.39 is 6.10 Å². The number of aliphatic hydroxyl groups is 1. The summed E-state index contributed by atoms with van der Waals surface area (Å²) < 4.78 is 16.1. The van der Waals surface area contributed by atoms with Gasteiger partial charge in [0.05, 0.1) is 17.1 Å². The van der Waals surface area contributed by atoms with Crippen molar-refractivity contribution in [2.24, 2.45) is 5.92 Å². The first-order valence-corrected chi connectivity index (χ1v) is 12.2. The number of rotatable bonds is 7. The molecule has 35 heavy (non-hydrogen) atoms. The third kappa shape index (κ3) is 5.60. The van der Waals surface area contributed by atoms with Crippen LogP contribution in [-0.2, 0) is 0 Å². The van der Waals surface area contributed by atoms with Crippen molar-refractivity contribution < 1.29 is 14.3 Å². The van der Waals surface area contributed by atoms with E-state index >= 15 is 0 Å². The number of hydrogen-bond donors (Lipinski definition) is 2. The van der Waals surface area contributed by atoms with Crippen molar-refractivity contribution in [2.45, 2.75) is 44.2 Å². The number of carbonyl (C=O) groups excluding carboxylic acids is 1. The summed E-state index contributed by atoms with van der Waals surface area (Å²) in [5.41, 5.74) is 1.96. The van der Waals surface area contributed by atoms with Crippen molar-refractivity contribution >= 4 is 29.5 Å². The number of para-hydroxylation sites is 2. The summed E-state index contributed by atoms with van der Waals surface area (Å²) in [5.74, 6) is 0.0540. The molecule has 1 aliphatic heterocycles. The Kier molecular flexibility index (Phi) is 7.94. The molecule has 1 atom stereocenters. The van der Waals surface area contributed by atoms with Gasteiger partial charge in [0.2, 0.25) is 0 Å². The minimum absolute atomic E-state index is 0. The van der Waals surface area contributed by atoms with E-state index in [2.05, 4.69) is 10.2 Å². The van der Waals surface area contributed by atoms with Gasteiger partial charge in [-0.3, -0.25) is 4.57 Å². The zero-order valence-corrected chi connectivity index (χ0v) is 20.4. The fourth-order valence-corrected chi connectivity index (χ4v) is 4.93. The quantitative estimate of drug-likeness (QED) is 0.510. The van der Waals surface area contributed by atoms with Gasteiger partial charge in [-0.1, -0.05) is 24.3 Å². The number of benzene rings is 2. The third-order valence-corrected chi connectivity index (χ3v) is 7.12. The van der Waals surface area contributed by atoms with E-state index in [1.54, 1.807) is 16.7 Å². The molecule has 2 fully saturated rings. The number of fused-ring (bicyclic) bond motifs is 1. The van der Waals surface area contributed by atoms with Gasteiger partial charge in [-0.2, -0.15) is 0 Å². The van der Waals surface area contributed by atoms with Crippen molar-refractivity contribution in [3.05, 3.63) is 70.4 Å². The van der Waals surface area contributed by atoms with Gasteiger partial charge in [0, 0.05) is 19.1 Å². The maximum Gasteiger partial charge on any atom is 0.337 e. The lowest BCUT2D eigenvalue weighted by atomic mass is 9.96. The Hall–Kier alpha value is -2.68. The highest BCUT2D eigenvalue weighted by molar-refractivity contribution is 5.89. The molecule has 1 aromatic heterocycles. The molecule has 1 amide bonds. The van der Waals surface area contributed by atoms with E-state index in [1.165, 1.54) is 16.7 Å². The second kappa shape index (κ2) is 10.9. The Labute approximate surface area is 209 Å². The number of nitrogens with zero attached hydrogens (tertiary/aromatic N) is 3. The lowest BCUT2D eigenvalue weighted by Gasteiger charge is -2.32. The molecule has 1 saturated heterocycles.